The second kappa shape index (κ2) is 10.9. The van der Waals surface area contributed by atoms with Gasteiger partial charge in [-0.15, -0.1) is 0 Å². The maximum atomic E-state index is 13.8. The minimum atomic E-state index is -0.485. The number of likely N-dealkylation sites (N-methyl/N-ethyl adjacent to an activating group) is 1. The number of para-hydroxylation sites is 1. The Labute approximate surface area is 237 Å². The standard InChI is InChI=1S/C30H32N8O3/c1-30(2,35(3)4)16-20(17-31)28(39)36-15-14-22(36)18-37-27-25(26(32)33-19-34-27)38(29(37)40)21-10-12-24(13-11-21)41-23-8-6-5-7-9-23/h5-13,16,19,22H,14-15,18H2,1-4H3,(H2,32,33,34)/t22-/m0/s1. The number of imidazole rings is 1. The molecule has 41 heavy (non-hydrogen) atoms. The summed E-state index contributed by atoms with van der Waals surface area (Å²) in [4.78, 5) is 39.2. The van der Waals surface area contributed by atoms with Crippen LogP contribution in [0.3, 0.4) is 0 Å². The lowest BCUT2D eigenvalue weighted by Crippen LogP contribution is -2.54. The van der Waals surface area contributed by atoms with E-state index in [0.717, 1.165) is 0 Å². The predicted octanol–water partition coefficient (Wildman–Crippen LogP) is 3.35. The number of carbonyl (C=O) groups is 1. The molecule has 5 rings (SSSR count). The van der Waals surface area contributed by atoms with Crippen LogP contribution < -0.4 is 16.2 Å². The largest absolute Gasteiger partial charge is 0.457 e. The Hall–Kier alpha value is -4.95. The fraction of sp³-hybridized carbons (Fsp3) is 0.300. The highest BCUT2D eigenvalue weighted by molar-refractivity contribution is 5.98. The van der Waals surface area contributed by atoms with Crippen LogP contribution in [0.5, 0.6) is 11.5 Å². The zero-order chi connectivity index (χ0) is 29.3. The molecule has 2 aromatic heterocycles. The van der Waals surface area contributed by atoms with Gasteiger partial charge in [0.15, 0.2) is 11.5 Å². The highest BCUT2D eigenvalue weighted by atomic mass is 16.5. The fourth-order valence-corrected chi connectivity index (χ4v) is 4.68. The van der Waals surface area contributed by atoms with Gasteiger partial charge in [-0.2, -0.15) is 5.26 Å². The van der Waals surface area contributed by atoms with E-state index in [9.17, 15) is 14.9 Å². The third-order valence-corrected chi connectivity index (χ3v) is 7.61. The first-order valence-corrected chi connectivity index (χ1v) is 13.3. The van der Waals surface area contributed by atoms with Gasteiger partial charge in [0.05, 0.1) is 11.7 Å². The molecule has 4 aromatic rings. The van der Waals surface area contributed by atoms with Crippen LogP contribution in [0.15, 0.2) is 77.4 Å². The van der Waals surface area contributed by atoms with E-state index in [0.29, 0.717) is 41.3 Å². The lowest BCUT2D eigenvalue weighted by molar-refractivity contribution is -0.134. The van der Waals surface area contributed by atoms with Crippen molar-refractivity contribution in [3.63, 3.8) is 0 Å². The average molecular weight is 553 g/mol. The van der Waals surface area contributed by atoms with Crippen LogP contribution >= 0.6 is 0 Å². The quantitative estimate of drug-likeness (QED) is 0.260. The van der Waals surface area contributed by atoms with Crippen molar-refractivity contribution in [2.24, 2.45) is 0 Å². The fourth-order valence-electron chi connectivity index (χ4n) is 4.68. The summed E-state index contributed by atoms with van der Waals surface area (Å²) in [6, 6.07) is 18.3. The Morgan fingerprint density at radius 3 is 2.44 bits per heavy atom. The lowest BCUT2D eigenvalue weighted by Gasteiger charge is -2.41. The van der Waals surface area contributed by atoms with Crippen LogP contribution in [-0.2, 0) is 11.3 Å². The number of fused-ring (bicyclic) bond motifs is 1. The summed E-state index contributed by atoms with van der Waals surface area (Å²) < 4.78 is 8.88. The molecule has 0 aliphatic carbocycles. The first-order chi connectivity index (χ1) is 19.6. The van der Waals surface area contributed by atoms with Gasteiger partial charge < -0.3 is 20.3 Å². The van der Waals surface area contributed by atoms with Gasteiger partial charge in [0, 0.05) is 18.6 Å². The normalized spacial score (nSPS) is 15.6. The molecule has 0 unspecified atom stereocenters. The Kier molecular flexibility index (Phi) is 7.34. The van der Waals surface area contributed by atoms with Crippen molar-refractivity contribution in [3.05, 3.63) is 83.1 Å². The van der Waals surface area contributed by atoms with E-state index in [4.69, 9.17) is 10.5 Å². The van der Waals surface area contributed by atoms with E-state index in [1.54, 1.807) is 35.2 Å². The number of hydrogen-bond acceptors (Lipinski definition) is 8. The molecule has 2 aromatic carbocycles. The molecule has 0 saturated carbocycles. The van der Waals surface area contributed by atoms with Gasteiger partial charge in [0.2, 0.25) is 0 Å². The van der Waals surface area contributed by atoms with Crippen molar-refractivity contribution in [1.29, 1.82) is 5.26 Å². The van der Waals surface area contributed by atoms with E-state index >= 15 is 0 Å². The molecule has 11 nitrogen and oxygen atoms in total. The topological polar surface area (TPSA) is 135 Å². The molecule has 0 bridgehead atoms. The number of anilines is 1. The van der Waals surface area contributed by atoms with Crippen molar-refractivity contribution in [2.45, 2.75) is 38.4 Å². The first-order valence-electron chi connectivity index (χ1n) is 13.3. The van der Waals surface area contributed by atoms with Crippen molar-refractivity contribution in [2.75, 3.05) is 26.4 Å². The summed E-state index contributed by atoms with van der Waals surface area (Å²) in [7, 11) is 3.78. The molecule has 1 atom stereocenters. The van der Waals surface area contributed by atoms with Gasteiger partial charge in [0.1, 0.15) is 35.0 Å². The number of nitrogens with two attached hydrogens (primary N) is 1. The Morgan fingerprint density at radius 2 is 1.83 bits per heavy atom. The van der Waals surface area contributed by atoms with Crippen molar-refractivity contribution in [3.8, 4) is 23.3 Å². The molecule has 3 heterocycles. The summed E-state index contributed by atoms with van der Waals surface area (Å²) in [6.45, 7) is 4.57. The molecule has 1 aliphatic heterocycles. The van der Waals surface area contributed by atoms with E-state index in [1.165, 1.54) is 15.5 Å². The number of hydrogen-bond donors (Lipinski definition) is 1. The third-order valence-electron chi connectivity index (χ3n) is 7.61. The summed E-state index contributed by atoms with van der Waals surface area (Å²) in [5.74, 6) is 1.13. The van der Waals surface area contributed by atoms with Gasteiger partial charge >= 0.3 is 5.69 Å². The summed E-state index contributed by atoms with van der Waals surface area (Å²) in [5.41, 5.74) is 6.81. The highest BCUT2D eigenvalue weighted by Crippen LogP contribution is 2.27. The van der Waals surface area contributed by atoms with Crippen LogP contribution in [0.25, 0.3) is 16.9 Å². The van der Waals surface area contributed by atoms with Gasteiger partial charge in [-0.25, -0.2) is 14.8 Å². The molecule has 1 amide bonds. The number of carbonyl (C=O) groups excluding carboxylic acids is 1. The van der Waals surface area contributed by atoms with Crippen LogP contribution in [-0.4, -0.2) is 67.0 Å². The molecule has 1 saturated heterocycles. The van der Waals surface area contributed by atoms with Gasteiger partial charge in [-0.1, -0.05) is 18.2 Å². The summed E-state index contributed by atoms with van der Waals surface area (Å²) in [6.07, 6.45) is 3.69. The molecule has 210 valence electrons. The summed E-state index contributed by atoms with van der Waals surface area (Å²) in [5, 5.41) is 9.75. The maximum Gasteiger partial charge on any atom is 0.335 e. The molecule has 11 heteroatoms. The van der Waals surface area contributed by atoms with Crippen molar-refractivity contribution >= 4 is 22.9 Å². The first kappa shape index (κ1) is 27.6. The Morgan fingerprint density at radius 1 is 1.15 bits per heavy atom. The van der Waals surface area contributed by atoms with E-state index in [-0.39, 0.29) is 35.6 Å². The predicted molar refractivity (Wildman–Crippen MR) is 156 cm³/mol. The number of nitriles is 1. The SMILES string of the molecule is CN(C)C(C)(C)C=C(C#N)C(=O)N1CC[C@H]1Cn1c(=O)n(-c2ccc(Oc3ccccc3)cc2)c2c(N)ncnc21. The maximum absolute atomic E-state index is 13.8. The number of nitrogen functional groups attached to an aromatic ring is 1. The van der Waals surface area contributed by atoms with Gasteiger partial charge in [0.25, 0.3) is 5.91 Å². The summed E-state index contributed by atoms with van der Waals surface area (Å²) >= 11 is 0. The van der Waals surface area contributed by atoms with Gasteiger partial charge in [-0.3, -0.25) is 13.9 Å². The van der Waals surface area contributed by atoms with Crippen LogP contribution in [0, 0.1) is 11.3 Å². The third kappa shape index (κ3) is 5.29. The Balaban J connectivity index is 1.45. The molecule has 0 spiro atoms. The molecule has 1 fully saturated rings. The minimum absolute atomic E-state index is 0.0764. The zero-order valence-corrected chi connectivity index (χ0v) is 23.5. The number of benzene rings is 2. The second-order valence-corrected chi connectivity index (χ2v) is 10.7. The zero-order valence-electron chi connectivity index (χ0n) is 23.5. The number of amides is 1. The van der Waals surface area contributed by atoms with E-state index in [2.05, 4.69) is 16.0 Å². The van der Waals surface area contributed by atoms with Crippen LogP contribution in [0.1, 0.15) is 20.3 Å². The average Bonchev–Trinajstić information content (AvgIpc) is 3.22. The van der Waals surface area contributed by atoms with Crippen molar-refractivity contribution < 1.29 is 9.53 Å². The number of nitrogens with zero attached hydrogens (tertiary/aromatic N) is 7. The Bertz CT molecular complexity index is 1710. The molecular weight excluding hydrogens is 520 g/mol. The molecule has 2 N–H and O–H groups in total. The van der Waals surface area contributed by atoms with E-state index < -0.39 is 5.54 Å². The number of rotatable bonds is 8. The lowest BCUT2D eigenvalue weighted by atomic mass is 9.97. The van der Waals surface area contributed by atoms with Crippen LogP contribution in [0.4, 0.5) is 5.82 Å². The second-order valence-electron chi connectivity index (χ2n) is 10.7. The van der Waals surface area contributed by atoms with Crippen molar-refractivity contribution in [1.82, 2.24) is 28.9 Å². The number of likely N-dealkylation sites (tertiary alicyclic amines) is 1. The molecule has 0 radical (unpaired) electrons. The van der Waals surface area contributed by atoms with Gasteiger partial charge in [-0.05, 0) is 76.8 Å². The highest BCUT2D eigenvalue weighted by Gasteiger charge is 2.36. The van der Waals surface area contributed by atoms with Crippen LogP contribution in [0.2, 0.25) is 0 Å². The smallest absolute Gasteiger partial charge is 0.335 e. The number of ether oxygens (including phenoxy) is 1. The molecule has 1 aliphatic rings. The molecular formula is C30H32N8O3. The minimum Gasteiger partial charge on any atom is -0.457 e. The van der Waals surface area contributed by atoms with E-state index in [1.807, 2.05) is 63.2 Å². The monoisotopic (exact) mass is 552 g/mol. The number of aromatic nitrogens is 4.